The van der Waals surface area contributed by atoms with Crippen molar-refractivity contribution in [2.75, 3.05) is 14.1 Å². The van der Waals surface area contributed by atoms with Gasteiger partial charge >= 0.3 is 0 Å². The third-order valence-electron chi connectivity index (χ3n) is 1.31. The molecular weight excluding hydrogens is 163 g/mol. The smallest absolute Gasteiger partial charge is 0.254 e. The van der Waals surface area contributed by atoms with Gasteiger partial charge in [-0.25, -0.2) is 0 Å². The topological polar surface area (TPSA) is 33.2 Å². The normalized spacial score (nSPS) is 8.50. The number of rotatable bonds is 1. The van der Waals surface area contributed by atoms with E-state index in [9.17, 15) is 4.79 Å². The molecule has 59 valence electrons. The van der Waals surface area contributed by atoms with Crippen molar-refractivity contribution in [1.82, 2.24) is 9.88 Å². The second-order valence-electron chi connectivity index (χ2n) is 2.44. The molecule has 0 unspecified atom stereocenters. The molecule has 0 aliphatic rings. The predicted molar refractivity (Wildman–Crippen MR) is 48.0 cm³/mol. The summed E-state index contributed by atoms with van der Waals surface area (Å²) >= 11 is 0. The fourth-order valence-corrected chi connectivity index (χ4v) is 0.747. The maximum Gasteiger partial charge on any atom is 0.254 e. The van der Waals surface area contributed by atoms with Crippen LogP contribution in [0.5, 0.6) is 0 Å². The van der Waals surface area contributed by atoms with E-state index in [0.717, 1.165) is 0 Å². The fraction of sp³-hybridized carbons (Fsp3) is 0.250. The molecule has 0 spiro atoms. The zero-order valence-electron chi connectivity index (χ0n) is 7.61. The molecule has 0 N–H and O–H groups in total. The minimum absolute atomic E-state index is 0. The Bertz CT molecular complexity index is 248. The van der Waals surface area contributed by atoms with E-state index in [-0.39, 0.29) is 35.5 Å². The Hall–Kier alpha value is -0.380. The Labute approximate surface area is 94.1 Å². The van der Waals surface area contributed by atoms with Gasteiger partial charge in [-0.05, 0) is 12.1 Å². The number of carbonyl (C=O) groups is 1. The van der Waals surface area contributed by atoms with Crippen LogP contribution in [0.1, 0.15) is 10.4 Å². The zero-order valence-corrected chi connectivity index (χ0v) is 9.61. The van der Waals surface area contributed by atoms with Crippen LogP contribution in [0.2, 0.25) is 0 Å². The molecule has 12 heavy (non-hydrogen) atoms. The summed E-state index contributed by atoms with van der Waals surface area (Å²) in [7, 11) is 3.44. The Morgan fingerprint density at radius 3 is 2.58 bits per heavy atom. The first-order chi connectivity index (χ1) is 5.22. The summed E-state index contributed by atoms with van der Waals surface area (Å²) in [5.41, 5.74) is 0.623. The summed E-state index contributed by atoms with van der Waals surface area (Å²) < 4.78 is 0. The van der Waals surface area contributed by atoms with Gasteiger partial charge in [0.05, 0.1) is 5.56 Å². The molecule has 0 aliphatic carbocycles. The van der Waals surface area contributed by atoms with Crippen LogP contribution in [0.4, 0.5) is 0 Å². The maximum atomic E-state index is 11.2. The van der Waals surface area contributed by atoms with Crippen LogP contribution in [0.25, 0.3) is 0 Å². The molecule has 0 saturated carbocycles. The van der Waals surface area contributed by atoms with Crippen LogP contribution >= 0.6 is 0 Å². The van der Waals surface area contributed by atoms with Crippen molar-refractivity contribution in [2.45, 2.75) is 0 Å². The van der Waals surface area contributed by atoms with Crippen molar-refractivity contribution in [2.24, 2.45) is 0 Å². The largest absolute Gasteiger partial charge is 0.345 e. The van der Waals surface area contributed by atoms with Gasteiger partial charge in [0, 0.05) is 56.0 Å². The minimum Gasteiger partial charge on any atom is -0.345 e. The number of hydrogen-bond acceptors (Lipinski definition) is 2. The first-order valence-electron chi connectivity index (χ1n) is 3.33. The van der Waals surface area contributed by atoms with Crippen molar-refractivity contribution >= 4 is 35.5 Å². The van der Waals surface area contributed by atoms with Crippen LogP contribution in [0.3, 0.4) is 0 Å². The molecule has 1 heterocycles. The molecule has 4 heteroatoms. The third-order valence-corrected chi connectivity index (χ3v) is 1.31. The van der Waals surface area contributed by atoms with E-state index in [1.54, 1.807) is 38.6 Å². The predicted octanol–water partition coefficient (Wildman–Crippen LogP) is 0.403. The van der Waals surface area contributed by atoms with Crippen LogP contribution in [-0.2, 0) is 0 Å². The van der Waals surface area contributed by atoms with Crippen LogP contribution < -0.4 is 0 Å². The van der Waals surface area contributed by atoms with E-state index < -0.39 is 0 Å². The number of pyridine rings is 1. The van der Waals surface area contributed by atoms with Crippen LogP contribution in [0, 0.1) is 0 Å². The molecule has 1 aromatic heterocycles. The zero-order chi connectivity index (χ0) is 8.27. The number of hydrogen-bond donors (Lipinski definition) is 0. The summed E-state index contributed by atoms with van der Waals surface area (Å²) in [6.07, 6.45) is 3.20. The van der Waals surface area contributed by atoms with Crippen molar-refractivity contribution in [1.29, 1.82) is 0 Å². The van der Waals surface area contributed by atoms with Gasteiger partial charge in [0.1, 0.15) is 0 Å². The number of carbonyl (C=O) groups excluding carboxylic acids is 1. The van der Waals surface area contributed by atoms with Gasteiger partial charge in [-0.15, -0.1) is 0 Å². The second kappa shape index (κ2) is 5.30. The van der Waals surface area contributed by atoms with Crippen molar-refractivity contribution < 1.29 is 4.79 Å². The Balaban J connectivity index is 0.00000121. The number of aromatic nitrogens is 1. The van der Waals surface area contributed by atoms with E-state index in [2.05, 4.69) is 4.98 Å². The molecule has 1 rings (SSSR count). The van der Waals surface area contributed by atoms with Crippen molar-refractivity contribution in [3.8, 4) is 0 Å². The Morgan fingerprint density at radius 1 is 1.50 bits per heavy atom. The summed E-state index contributed by atoms with van der Waals surface area (Å²) in [5, 5.41) is 0. The summed E-state index contributed by atoms with van der Waals surface area (Å²) in [6.45, 7) is 0. The average Bonchev–Trinajstić information content (AvgIpc) is 2.05. The molecule has 0 saturated heterocycles. The van der Waals surface area contributed by atoms with Gasteiger partial charge in [-0.3, -0.25) is 9.78 Å². The van der Waals surface area contributed by atoms with Crippen LogP contribution in [0.15, 0.2) is 24.5 Å². The van der Waals surface area contributed by atoms with Crippen molar-refractivity contribution in [3.05, 3.63) is 30.1 Å². The fourth-order valence-electron chi connectivity index (χ4n) is 0.747. The number of amides is 1. The summed E-state index contributed by atoms with van der Waals surface area (Å²) in [4.78, 5) is 16.6. The van der Waals surface area contributed by atoms with Crippen molar-refractivity contribution in [3.63, 3.8) is 0 Å². The molecular formula is C8H10N2NaO. The quantitative estimate of drug-likeness (QED) is 0.576. The minimum atomic E-state index is -0.0156. The van der Waals surface area contributed by atoms with Gasteiger partial charge < -0.3 is 4.90 Å². The van der Waals surface area contributed by atoms with Gasteiger partial charge in [-0.1, -0.05) is 0 Å². The van der Waals surface area contributed by atoms with E-state index in [1.165, 1.54) is 4.90 Å². The van der Waals surface area contributed by atoms with Crippen LogP contribution in [-0.4, -0.2) is 59.4 Å². The molecule has 3 nitrogen and oxygen atoms in total. The van der Waals surface area contributed by atoms with Gasteiger partial charge in [0.15, 0.2) is 0 Å². The monoisotopic (exact) mass is 173 g/mol. The molecule has 0 fully saturated rings. The summed E-state index contributed by atoms with van der Waals surface area (Å²) in [5.74, 6) is -0.0156. The van der Waals surface area contributed by atoms with E-state index in [4.69, 9.17) is 0 Å². The Morgan fingerprint density at radius 2 is 2.17 bits per heavy atom. The van der Waals surface area contributed by atoms with E-state index in [1.807, 2.05) is 0 Å². The molecule has 0 bridgehead atoms. The third kappa shape index (κ3) is 2.93. The SMILES string of the molecule is CN(C)C(=O)c1cccnc1.[Na]. The first-order valence-corrected chi connectivity index (χ1v) is 3.33. The molecule has 0 atom stereocenters. The molecule has 1 radical (unpaired) electrons. The molecule has 1 amide bonds. The molecule has 1 aromatic rings. The Kier molecular flexibility index (Phi) is 5.13. The van der Waals surface area contributed by atoms with Gasteiger partial charge in [0.25, 0.3) is 5.91 Å². The second-order valence-corrected chi connectivity index (χ2v) is 2.44. The maximum absolute atomic E-state index is 11.2. The molecule has 0 aromatic carbocycles. The van der Waals surface area contributed by atoms with Gasteiger partial charge in [0.2, 0.25) is 0 Å². The summed E-state index contributed by atoms with van der Waals surface area (Å²) in [6, 6.07) is 3.49. The standard InChI is InChI=1S/C8H10N2O.Na/c1-10(2)8(11)7-4-3-5-9-6-7;/h3-6H,1-2H3;. The van der Waals surface area contributed by atoms with E-state index in [0.29, 0.717) is 5.56 Å². The molecule has 0 aliphatic heterocycles. The number of nitrogens with zero attached hydrogens (tertiary/aromatic N) is 2. The first kappa shape index (κ1) is 11.6. The average molecular weight is 173 g/mol. The van der Waals surface area contributed by atoms with E-state index >= 15 is 0 Å². The van der Waals surface area contributed by atoms with Gasteiger partial charge in [-0.2, -0.15) is 0 Å².